The predicted octanol–water partition coefficient (Wildman–Crippen LogP) is 4.66. The summed E-state index contributed by atoms with van der Waals surface area (Å²) in [7, 11) is 0. The smallest absolute Gasteiger partial charge is 0.237 e. The second kappa shape index (κ2) is 11.9. The van der Waals surface area contributed by atoms with Gasteiger partial charge in [0.05, 0.1) is 28.8 Å². The van der Waals surface area contributed by atoms with Gasteiger partial charge in [0.25, 0.3) is 0 Å². The summed E-state index contributed by atoms with van der Waals surface area (Å²) >= 11 is 12.2. The van der Waals surface area contributed by atoms with E-state index in [2.05, 4.69) is 16.0 Å². The Bertz CT molecular complexity index is 1290. The molecule has 0 saturated carbocycles. The summed E-state index contributed by atoms with van der Waals surface area (Å²) in [6, 6.07) is 5.20. The molecule has 2 aliphatic heterocycles. The summed E-state index contributed by atoms with van der Waals surface area (Å²) in [5.41, 5.74) is -0.524. The van der Waals surface area contributed by atoms with E-state index < -0.39 is 47.1 Å². The van der Waals surface area contributed by atoms with E-state index in [1.807, 2.05) is 20.8 Å². The molecule has 40 heavy (non-hydrogen) atoms. The summed E-state index contributed by atoms with van der Waals surface area (Å²) in [5, 5.41) is 27.4. The van der Waals surface area contributed by atoms with Gasteiger partial charge in [-0.1, -0.05) is 50.0 Å². The summed E-state index contributed by atoms with van der Waals surface area (Å²) < 4.78 is 29.2. The Labute approximate surface area is 242 Å². The number of rotatable bonds is 9. The lowest BCUT2D eigenvalue weighted by Gasteiger charge is -2.37. The molecule has 7 nitrogen and oxygen atoms in total. The number of fused-ring (bicyclic) bond motifs is 2. The number of aliphatic hydroxyl groups is 2. The van der Waals surface area contributed by atoms with Gasteiger partial charge in [-0.3, -0.25) is 9.59 Å². The zero-order valence-corrected chi connectivity index (χ0v) is 24.2. The van der Waals surface area contributed by atoms with E-state index >= 15 is 0 Å². The van der Waals surface area contributed by atoms with Crippen LogP contribution in [0.1, 0.15) is 63.5 Å². The minimum atomic E-state index is -1.43. The lowest BCUT2D eigenvalue weighted by Crippen LogP contribution is -2.49. The predicted molar refractivity (Wildman–Crippen MR) is 151 cm³/mol. The van der Waals surface area contributed by atoms with Crippen molar-refractivity contribution in [3.8, 4) is 0 Å². The number of halogens is 4. The van der Waals surface area contributed by atoms with Crippen LogP contribution in [-0.4, -0.2) is 53.4 Å². The first-order valence-electron chi connectivity index (χ1n) is 13.4. The number of unbranched alkanes of at least 4 members (excludes halogenated alkanes) is 1. The van der Waals surface area contributed by atoms with Crippen molar-refractivity contribution >= 4 is 40.7 Å². The molecule has 5 atom stereocenters. The zero-order valence-electron chi connectivity index (χ0n) is 22.7. The van der Waals surface area contributed by atoms with Crippen LogP contribution in [0, 0.1) is 17.0 Å². The Balaban J connectivity index is 1.80. The molecular weight excluding hydrogens is 563 g/mol. The monoisotopic (exact) mass is 597 g/mol. The van der Waals surface area contributed by atoms with Crippen LogP contribution in [0.5, 0.6) is 0 Å². The van der Waals surface area contributed by atoms with Gasteiger partial charge in [0.1, 0.15) is 17.0 Å². The first-order valence-corrected chi connectivity index (χ1v) is 14.1. The molecule has 1 spiro atoms. The van der Waals surface area contributed by atoms with E-state index in [1.54, 1.807) is 0 Å². The molecular formula is C29H35Cl2F2N3O4. The van der Waals surface area contributed by atoms with Crippen molar-refractivity contribution in [1.82, 2.24) is 10.6 Å². The largest absolute Gasteiger partial charge is 0.394 e. The normalized spacial score (nSPS) is 24.7. The molecule has 2 aromatic carbocycles. The van der Waals surface area contributed by atoms with Gasteiger partial charge in [-0.05, 0) is 66.5 Å². The lowest BCUT2D eigenvalue weighted by molar-refractivity contribution is -0.123. The van der Waals surface area contributed by atoms with Gasteiger partial charge < -0.3 is 26.2 Å². The number of aliphatic hydroxyl groups excluding tert-OH is 2. The van der Waals surface area contributed by atoms with E-state index in [-0.39, 0.29) is 28.0 Å². The van der Waals surface area contributed by atoms with Crippen molar-refractivity contribution in [1.29, 1.82) is 0 Å². The molecule has 0 radical (unpaired) electrons. The average Bonchev–Trinajstić information content (AvgIpc) is 3.34. The minimum absolute atomic E-state index is 0.142. The molecule has 2 amide bonds. The van der Waals surface area contributed by atoms with Crippen LogP contribution in [0.4, 0.5) is 14.5 Å². The van der Waals surface area contributed by atoms with Crippen molar-refractivity contribution in [2.75, 3.05) is 18.5 Å². The van der Waals surface area contributed by atoms with Crippen LogP contribution in [0.3, 0.4) is 0 Å². The number of hydrogen-bond acceptors (Lipinski definition) is 5. The molecule has 0 unspecified atom stereocenters. The van der Waals surface area contributed by atoms with Crippen molar-refractivity contribution in [3.63, 3.8) is 0 Å². The van der Waals surface area contributed by atoms with Crippen molar-refractivity contribution < 1.29 is 28.6 Å². The summed E-state index contributed by atoms with van der Waals surface area (Å²) in [4.78, 5) is 27.8. The van der Waals surface area contributed by atoms with Crippen molar-refractivity contribution in [2.24, 2.45) is 5.41 Å². The molecule has 1 fully saturated rings. The van der Waals surface area contributed by atoms with Crippen LogP contribution in [0.15, 0.2) is 30.3 Å². The number of anilines is 1. The van der Waals surface area contributed by atoms with Gasteiger partial charge in [0, 0.05) is 24.2 Å². The third-order valence-corrected chi connectivity index (χ3v) is 8.34. The zero-order chi connectivity index (χ0) is 29.4. The van der Waals surface area contributed by atoms with Gasteiger partial charge in [-0.15, -0.1) is 0 Å². The summed E-state index contributed by atoms with van der Waals surface area (Å²) in [6.07, 6.45) is 1.19. The highest BCUT2D eigenvalue weighted by Crippen LogP contribution is 2.57. The fraction of sp³-hybridized carbons (Fsp3) is 0.517. The fourth-order valence-electron chi connectivity index (χ4n) is 6.06. The molecule has 11 heteroatoms. The Kier molecular flexibility index (Phi) is 9.12. The van der Waals surface area contributed by atoms with Gasteiger partial charge in [0.2, 0.25) is 11.8 Å². The van der Waals surface area contributed by atoms with E-state index in [4.69, 9.17) is 28.3 Å². The number of benzene rings is 2. The first-order chi connectivity index (χ1) is 18.8. The van der Waals surface area contributed by atoms with E-state index in [0.717, 1.165) is 0 Å². The molecule has 2 heterocycles. The summed E-state index contributed by atoms with van der Waals surface area (Å²) in [5.74, 6) is -2.99. The van der Waals surface area contributed by atoms with Crippen LogP contribution >= 0.6 is 23.2 Å². The molecule has 4 rings (SSSR count). The standard InChI is InChI=1S/C29H35Cl2F2N3O4/c1-28(2,3)13-23-29(17-11-21(33)19(31)12-22(17)35-27(29)40)24(15-7-8-20(32)18(30)10-15)25(36-23)26(39)34-9-5-4-6-16(38)14-37/h7-8,10-12,16,23-25,36-38H,4-6,9,13-14H2,1-3H3,(H,34,39)(H,35,40)/t16-,23-,24+,25-,29+/m1/s1. The Morgan fingerprint density at radius 2 is 1.82 bits per heavy atom. The van der Waals surface area contributed by atoms with Gasteiger partial charge in [0.15, 0.2) is 0 Å². The maximum absolute atomic E-state index is 15.0. The molecule has 0 bridgehead atoms. The molecule has 0 aliphatic carbocycles. The fourth-order valence-corrected chi connectivity index (χ4v) is 6.41. The topological polar surface area (TPSA) is 111 Å². The van der Waals surface area contributed by atoms with Crippen LogP contribution in [-0.2, 0) is 15.0 Å². The maximum atomic E-state index is 15.0. The Hall–Kier alpha value is -2.30. The van der Waals surface area contributed by atoms with Crippen LogP contribution in [0.2, 0.25) is 10.0 Å². The first kappa shape index (κ1) is 30.7. The minimum Gasteiger partial charge on any atom is -0.394 e. The molecule has 2 aromatic rings. The van der Waals surface area contributed by atoms with Gasteiger partial charge in [-0.2, -0.15) is 0 Å². The highest BCUT2D eigenvalue weighted by atomic mass is 35.5. The highest BCUT2D eigenvalue weighted by Gasteiger charge is 2.65. The Morgan fingerprint density at radius 3 is 2.48 bits per heavy atom. The number of carbonyl (C=O) groups excluding carboxylic acids is 2. The molecule has 1 saturated heterocycles. The van der Waals surface area contributed by atoms with E-state index in [1.165, 1.54) is 30.3 Å². The number of amides is 2. The Morgan fingerprint density at radius 1 is 1.12 bits per heavy atom. The van der Waals surface area contributed by atoms with E-state index in [0.29, 0.717) is 49.0 Å². The van der Waals surface area contributed by atoms with E-state index in [9.17, 15) is 23.5 Å². The number of hydrogen-bond donors (Lipinski definition) is 5. The maximum Gasteiger partial charge on any atom is 0.237 e. The molecule has 0 aromatic heterocycles. The lowest BCUT2D eigenvalue weighted by atomic mass is 9.62. The highest BCUT2D eigenvalue weighted by molar-refractivity contribution is 6.31. The van der Waals surface area contributed by atoms with Crippen LogP contribution < -0.4 is 16.0 Å². The summed E-state index contributed by atoms with van der Waals surface area (Å²) in [6.45, 7) is 6.01. The van der Waals surface area contributed by atoms with Gasteiger partial charge in [-0.25, -0.2) is 8.78 Å². The third-order valence-electron chi connectivity index (χ3n) is 7.76. The van der Waals surface area contributed by atoms with Crippen molar-refractivity contribution in [3.05, 3.63) is 63.1 Å². The second-order valence-corrected chi connectivity index (χ2v) is 12.7. The average molecular weight is 599 g/mol. The molecule has 5 N–H and O–H groups in total. The number of carbonyl (C=O) groups is 2. The van der Waals surface area contributed by atoms with Crippen LogP contribution in [0.25, 0.3) is 0 Å². The SMILES string of the molecule is CC(C)(C)C[C@H]1N[C@@H](C(=O)NCCCC[C@@H](O)CO)[C@H](c2ccc(F)c(Cl)c2)[C@@]12C(=O)Nc1cc(Cl)c(F)cc12. The van der Waals surface area contributed by atoms with Crippen molar-refractivity contribution in [2.45, 2.75) is 76.0 Å². The molecule has 218 valence electrons. The van der Waals surface area contributed by atoms with Gasteiger partial charge >= 0.3 is 0 Å². The quantitative estimate of drug-likeness (QED) is 0.270. The number of nitrogens with one attached hydrogen (secondary N) is 3. The third kappa shape index (κ3) is 5.85. The second-order valence-electron chi connectivity index (χ2n) is 11.9. The molecule has 2 aliphatic rings.